The Morgan fingerprint density at radius 2 is 1.54 bits per heavy atom. The summed E-state index contributed by atoms with van der Waals surface area (Å²) in [5, 5.41) is 63.4. The van der Waals surface area contributed by atoms with Gasteiger partial charge in [-0.05, 0) is 42.3 Å². The molecule has 41 heavy (non-hydrogen) atoms. The van der Waals surface area contributed by atoms with Crippen molar-refractivity contribution in [3.63, 3.8) is 0 Å². The molecule has 12 heteroatoms. The summed E-state index contributed by atoms with van der Waals surface area (Å²) in [5.74, 6) is -2.37. The molecule has 6 N–H and O–H groups in total. The lowest BCUT2D eigenvalue weighted by atomic mass is 9.92. The second-order valence-electron chi connectivity index (χ2n) is 10.2. The number of rotatable bonds is 0. The first-order valence-corrected chi connectivity index (χ1v) is 12.8. The highest BCUT2D eigenvalue weighted by Gasteiger charge is 2.46. The summed E-state index contributed by atoms with van der Waals surface area (Å²) in [5.41, 5.74) is 0.961. The number of phenolic OH excluding ortho intramolecular Hbond substituents is 3. The van der Waals surface area contributed by atoms with Crippen LogP contribution in [0.2, 0.25) is 0 Å². The Labute approximate surface area is 232 Å². The summed E-state index contributed by atoms with van der Waals surface area (Å²) >= 11 is 0. The summed E-state index contributed by atoms with van der Waals surface area (Å²) in [6, 6.07) is 9.94. The number of ketones is 1. The SMILES string of the molecule is Cc1c2cc3c(c1O)C(=O)CC(O3)c1ccc(O)c(c1)-c1ccc(O)c(c1)C(=O)OCC1OC(O2)C(O)C(O)C1O. The maximum atomic E-state index is 13.2. The summed E-state index contributed by atoms with van der Waals surface area (Å²) in [6.07, 6.45) is -9.09. The van der Waals surface area contributed by atoms with Crippen LogP contribution in [0.1, 0.15) is 44.4 Å². The van der Waals surface area contributed by atoms with Crippen molar-refractivity contribution < 1.29 is 59.2 Å². The summed E-state index contributed by atoms with van der Waals surface area (Å²) in [7, 11) is 0. The van der Waals surface area contributed by atoms with Crippen molar-refractivity contribution in [3.05, 3.63) is 64.7 Å². The topological polar surface area (TPSA) is 192 Å². The van der Waals surface area contributed by atoms with E-state index in [1.54, 1.807) is 12.1 Å². The standard InChI is InChI=1S/C29H26O12/c1-11-19-9-21-23(24(11)33)18(32)8-20(39-21)13-3-5-16(30)14(7-13)12-2-4-17(31)15(6-12)28(37)38-10-22-25(34)26(35)27(36)29(40-19)41-22/h2-7,9,20,22,25-27,29-31,33-36H,8,10H2,1H3. The van der Waals surface area contributed by atoms with Crippen molar-refractivity contribution in [3.8, 4) is 39.9 Å². The Morgan fingerprint density at radius 1 is 0.805 bits per heavy atom. The number of Topliss-reactive ketones (excluding diaryl/α,β-unsaturated/α-hetero) is 1. The molecule has 12 nitrogen and oxygen atoms in total. The molecule has 0 amide bonds. The zero-order valence-corrected chi connectivity index (χ0v) is 21.6. The predicted octanol–water partition coefficient (Wildman–Crippen LogP) is 1.84. The molecule has 0 saturated carbocycles. The Hall–Kier alpha value is -4.36. The second-order valence-corrected chi connectivity index (χ2v) is 10.2. The molecule has 1 saturated heterocycles. The third kappa shape index (κ3) is 4.50. The second kappa shape index (κ2) is 9.93. The number of esters is 1. The zero-order valence-electron chi connectivity index (χ0n) is 21.6. The van der Waals surface area contributed by atoms with E-state index in [1.165, 1.54) is 37.3 Å². The van der Waals surface area contributed by atoms with Crippen molar-refractivity contribution in [2.24, 2.45) is 0 Å². The molecule has 6 rings (SSSR count). The van der Waals surface area contributed by atoms with Crippen molar-refractivity contribution in [1.82, 2.24) is 0 Å². The number of cyclic esters (lactones) is 1. The van der Waals surface area contributed by atoms with Gasteiger partial charge in [0.25, 0.3) is 0 Å². The maximum absolute atomic E-state index is 13.2. The fraction of sp³-hybridized carbons (Fsp3) is 0.310. The van der Waals surface area contributed by atoms with E-state index in [4.69, 9.17) is 18.9 Å². The number of carbonyl (C=O) groups excluding carboxylic acids is 2. The van der Waals surface area contributed by atoms with E-state index in [0.29, 0.717) is 11.1 Å². The van der Waals surface area contributed by atoms with Gasteiger partial charge in [0, 0.05) is 17.2 Å². The summed E-state index contributed by atoms with van der Waals surface area (Å²) < 4.78 is 22.8. The normalized spacial score (nSPS) is 27.2. The van der Waals surface area contributed by atoms with Crippen LogP contribution >= 0.6 is 0 Å². The molecule has 3 aromatic carbocycles. The van der Waals surface area contributed by atoms with Crippen LogP contribution in [0.25, 0.3) is 11.1 Å². The lowest BCUT2D eigenvalue weighted by molar-refractivity contribution is -0.277. The lowest BCUT2D eigenvalue weighted by Crippen LogP contribution is -2.60. The first kappa shape index (κ1) is 26.8. The fourth-order valence-corrected chi connectivity index (χ4v) is 5.22. The van der Waals surface area contributed by atoms with Crippen LogP contribution in [0.4, 0.5) is 0 Å². The number of aliphatic hydroxyl groups is 3. The molecule has 0 aromatic heterocycles. The highest BCUT2D eigenvalue weighted by atomic mass is 16.7. The molecule has 0 spiro atoms. The van der Waals surface area contributed by atoms with Gasteiger partial charge in [0.05, 0.1) is 6.42 Å². The monoisotopic (exact) mass is 566 g/mol. The quantitative estimate of drug-likeness (QED) is 0.217. The molecule has 1 fully saturated rings. The van der Waals surface area contributed by atoms with Crippen molar-refractivity contribution in [2.45, 2.75) is 50.2 Å². The van der Waals surface area contributed by atoms with Crippen LogP contribution in [0.5, 0.6) is 28.7 Å². The van der Waals surface area contributed by atoms with E-state index in [0.717, 1.165) is 0 Å². The van der Waals surface area contributed by atoms with Gasteiger partial charge >= 0.3 is 5.97 Å². The highest BCUT2D eigenvalue weighted by molar-refractivity contribution is 6.03. The van der Waals surface area contributed by atoms with Crippen LogP contribution in [0, 0.1) is 6.92 Å². The molecular formula is C29H26O12. The number of aliphatic hydroxyl groups excluding tert-OH is 3. The largest absolute Gasteiger partial charge is 0.507 e. The van der Waals surface area contributed by atoms with Gasteiger partial charge in [0.2, 0.25) is 6.29 Å². The summed E-state index contributed by atoms with van der Waals surface area (Å²) in [4.78, 5) is 26.1. The third-order valence-corrected chi connectivity index (χ3v) is 7.60. The average molecular weight is 567 g/mol. The van der Waals surface area contributed by atoms with Gasteiger partial charge in [-0.1, -0.05) is 12.1 Å². The maximum Gasteiger partial charge on any atom is 0.342 e. The minimum atomic E-state index is -1.76. The highest BCUT2D eigenvalue weighted by Crippen LogP contribution is 2.46. The van der Waals surface area contributed by atoms with Crippen molar-refractivity contribution in [2.75, 3.05) is 6.61 Å². The zero-order chi connectivity index (χ0) is 29.2. The number of hydrogen-bond acceptors (Lipinski definition) is 12. The number of hydrogen-bond donors (Lipinski definition) is 6. The fourth-order valence-electron chi connectivity index (χ4n) is 5.22. The van der Waals surface area contributed by atoms with Gasteiger partial charge < -0.3 is 49.6 Å². The molecule has 3 aliphatic rings. The Kier molecular flexibility index (Phi) is 6.50. The smallest absolute Gasteiger partial charge is 0.342 e. The molecule has 214 valence electrons. The number of aromatic hydroxyl groups is 3. The first-order valence-electron chi connectivity index (χ1n) is 12.8. The average Bonchev–Trinajstić information content (AvgIpc) is 2.95. The van der Waals surface area contributed by atoms with Gasteiger partial charge in [-0.2, -0.15) is 0 Å². The Bertz CT molecular complexity index is 1570. The molecule has 6 atom stereocenters. The van der Waals surface area contributed by atoms with E-state index in [1.807, 2.05) is 0 Å². The van der Waals surface area contributed by atoms with Crippen LogP contribution < -0.4 is 9.47 Å². The number of benzene rings is 3. The lowest BCUT2D eigenvalue weighted by Gasteiger charge is -2.40. The minimum absolute atomic E-state index is 0.00312. The van der Waals surface area contributed by atoms with E-state index < -0.39 is 66.7 Å². The molecule has 3 heterocycles. The molecule has 9 bridgehead atoms. The predicted molar refractivity (Wildman–Crippen MR) is 138 cm³/mol. The van der Waals surface area contributed by atoms with Gasteiger partial charge in [-0.25, -0.2) is 4.79 Å². The minimum Gasteiger partial charge on any atom is -0.507 e. The number of ether oxygens (including phenoxy) is 4. The molecular weight excluding hydrogens is 540 g/mol. The van der Waals surface area contributed by atoms with Gasteiger partial charge in [-0.15, -0.1) is 0 Å². The van der Waals surface area contributed by atoms with Crippen LogP contribution in [0.15, 0.2) is 42.5 Å². The van der Waals surface area contributed by atoms with E-state index in [2.05, 4.69) is 0 Å². The molecule has 0 aliphatic carbocycles. The number of carbonyl (C=O) groups is 2. The molecule has 6 unspecified atom stereocenters. The number of fused-ring (bicyclic) bond motifs is 10. The molecule has 3 aliphatic heterocycles. The Balaban J connectivity index is 1.51. The molecule has 0 radical (unpaired) electrons. The first-order chi connectivity index (χ1) is 19.5. The van der Waals surface area contributed by atoms with Crippen molar-refractivity contribution in [1.29, 1.82) is 0 Å². The Morgan fingerprint density at radius 3 is 2.32 bits per heavy atom. The molecule has 3 aromatic rings. The van der Waals surface area contributed by atoms with Gasteiger partial charge in [0.1, 0.15) is 77.0 Å². The summed E-state index contributed by atoms with van der Waals surface area (Å²) in [6.45, 7) is 0.879. The van der Waals surface area contributed by atoms with Crippen LogP contribution in [0.3, 0.4) is 0 Å². The van der Waals surface area contributed by atoms with E-state index in [-0.39, 0.29) is 45.9 Å². The van der Waals surface area contributed by atoms with Crippen LogP contribution in [-0.4, -0.2) is 79.7 Å². The third-order valence-electron chi connectivity index (χ3n) is 7.60. The number of phenols is 3. The van der Waals surface area contributed by atoms with Gasteiger partial charge in [-0.3, -0.25) is 4.79 Å². The van der Waals surface area contributed by atoms with Gasteiger partial charge in [0.15, 0.2) is 5.78 Å². The van der Waals surface area contributed by atoms with Crippen LogP contribution in [-0.2, 0) is 9.47 Å². The van der Waals surface area contributed by atoms with Crippen molar-refractivity contribution >= 4 is 11.8 Å². The van der Waals surface area contributed by atoms with E-state index in [9.17, 15) is 40.2 Å². The van der Waals surface area contributed by atoms with E-state index >= 15 is 0 Å².